The van der Waals surface area contributed by atoms with Gasteiger partial charge in [-0.2, -0.15) is 5.48 Å². The van der Waals surface area contributed by atoms with Gasteiger partial charge in [-0.05, 0) is 19.1 Å². The lowest BCUT2D eigenvalue weighted by Gasteiger charge is -2.07. The molecule has 2 aromatic rings. The number of nitrogens with zero attached hydrogens (tertiary/aromatic N) is 2. The van der Waals surface area contributed by atoms with E-state index in [4.69, 9.17) is 9.57 Å². The third kappa shape index (κ3) is 1.90. The minimum Gasteiger partial charge on any atom is -0.497 e. The van der Waals surface area contributed by atoms with E-state index in [-0.39, 0.29) is 0 Å². The third-order valence-corrected chi connectivity index (χ3v) is 2.20. The van der Waals surface area contributed by atoms with Gasteiger partial charge < -0.3 is 9.57 Å². The van der Waals surface area contributed by atoms with Crippen LogP contribution >= 0.6 is 0 Å². The zero-order chi connectivity index (χ0) is 11.5. The number of rotatable bonds is 3. The fraction of sp³-hybridized carbons (Fsp3) is 0.273. The summed E-state index contributed by atoms with van der Waals surface area (Å²) in [6.45, 7) is 1.85. The number of aromatic nitrogens is 2. The number of aryl methyl sites for hydroxylation is 1. The van der Waals surface area contributed by atoms with Crippen LogP contribution in [0.4, 0.5) is 0 Å². The van der Waals surface area contributed by atoms with Crippen molar-refractivity contribution in [3.63, 3.8) is 0 Å². The first-order chi connectivity index (χ1) is 7.74. The van der Waals surface area contributed by atoms with Crippen LogP contribution in [0.3, 0.4) is 0 Å². The first-order valence-electron chi connectivity index (χ1n) is 4.90. The second-order valence-corrected chi connectivity index (χ2v) is 3.28. The average molecular weight is 219 g/mol. The Morgan fingerprint density at radius 3 is 2.69 bits per heavy atom. The maximum Gasteiger partial charge on any atom is 0.259 e. The van der Waals surface area contributed by atoms with Crippen LogP contribution in [0, 0.1) is 6.92 Å². The van der Waals surface area contributed by atoms with Crippen molar-refractivity contribution in [2.45, 2.75) is 6.92 Å². The van der Waals surface area contributed by atoms with Gasteiger partial charge in [0.25, 0.3) is 5.88 Å². The summed E-state index contributed by atoms with van der Waals surface area (Å²) < 4.78 is 5.13. The minimum absolute atomic E-state index is 0.486. The molecule has 0 aliphatic heterocycles. The molecule has 1 aromatic carbocycles. The number of ether oxygens (including phenoxy) is 1. The van der Waals surface area contributed by atoms with Gasteiger partial charge in [0.15, 0.2) is 0 Å². The molecule has 0 radical (unpaired) electrons. The lowest BCUT2D eigenvalue weighted by molar-refractivity contribution is 0.212. The lowest BCUT2D eigenvalue weighted by Crippen LogP contribution is -2.13. The molecule has 0 saturated carbocycles. The predicted molar refractivity (Wildman–Crippen MR) is 60.5 cm³/mol. The number of hydroxylamine groups is 1. The molecule has 0 fully saturated rings. The van der Waals surface area contributed by atoms with Gasteiger partial charge in [-0.3, -0.25) is 0 Å². The van der Waals surface area contributed by atoms with Gasteiger partial charge >= 0.3 is 0 Å². The van der Waals surface area contributed by atoms with E-state index in [2.05, 4.69) is 15.4 Å². The van der Waals surface area contributed by atoms with E-state index in [1.807, 2.05) is 25.1 Å². The molecule has 0 spiro atoms. The highest BCUT2D eigenvalue weighted by Crippen LogP contribution is 2.21. The number of methoxy groups -OCH3 is 1. The van der Waals surface area contributed by atoms with Crippen molar-refractivity contribution in [1.29, 1.82) is 0 Å². The molecule has 0 amide bonds. The van der Waals surface area contributed by atoms with Crippen molar-refractivity contribution >= 4 is 11.0 Å². The molecule has 84 valence electrons. The second-order valence-electron chi connectivity index (χ2n) is 3.28. The zero-order valence-corrected chi connectivity index (χ0v) is 9.44. The van der Waals surface area contributed by atoms with Crippen LogP contribution in [0.2, 0.25) is 0 Å². The van der Waals surface area contributed by atoms with Gasteiger partial charge in [-0.1, -0.05) is 0 Å². The predicted octanol–water partition coefficient (Wildman–Crippen LogP) is 1.46. The number of hydrogen-bond acceptors (Lipinski definition) is 5. The lowest BCUT2D eigenvalue weighted by atomic mass is 10.2. The molecule has 0 atom stereocenters. The number of fused-ring (bicyclic) bond motifs is 1. The summed E-state index contributed by atoms with van der Waals surface area (Å²) >= 11 is 0. The maximum atomic E-state index is 5.15. The Balaban J connectivity index is 2.55. The fourth-order valence-corrected chi connectivity index (χ4v) is 1.43. The smallest absolute Gasteiger partial charge is 0.259 e. The Morgan fingerprint density at radius 1 is 1.19 bits per heavy atom. The van der Waals surface area contributed by atoms with E-state index in [1.54, 1.807) is 14.2 Å². The van der Waals surface area contributed by atoms with E-state index in [1.165, 1.54) is 0 Å². The summed E-state index contributed by atoms with van der Waals surface area (Å²) in [7, 11) is 3.30. The minimum atomic E-state index is 0.486. The summed E-state index contributed by atoms with van der Waals surface area (Å²) in [5.74, 6) is 1.25. The van der Waals surface area contributed by atoms with Crippen LogP contribution in [-0.2, 0) is 0 Å². The normalized spacial score (nSPS) is 10.4. The Bertz CT molecular complexity index is 514. The molecule has 5 nitrogen and oxygen atoms in total. The number of hydrogen-bond donors (Lipinski definition) is 1. The largest absolute Gasteiger partial charge is 0.497 e. The summed E-state index contributed by atoms with van der Waals surface area (Å²) in [4.78, 5) is 13.9. The monoisotopic (exact) mass is 219 g/mol. The Hall–Kier alpha value is -1.88. The van der Waals surface area contributed by atoms with Crippen molar-refractivity contribution in [1.82, 2.24) is 15.4 Å². The molecule has 0 aliphatic rings. The number of nitrogens with one attached hydrogen (secondary N) is 1. The van der Waals surface area contributed by atoms with Crippen LogP contribution in [0.25, 0.3) is 11.0 Å². The summed E-state index contributed by atoms with van der Waals surface area (Å²) in [5, 5.41) is 0. The summed E-state index contributed by atoms with van der Waals surface area (Å²) in [6.07, 6.45) is 0. The quantitative estimate of drug-likeness (QED) is 0.792. The average Bonchev–Trinajstić information content (AvgIpc) is 2.30. The van der Waals surface area contributed by atoms with Crippen LogP contribution in [0.1, 0.15) is 5.69 Å². The molecule has 1 N–H and O–H groups in total. The highest BCUT2D eigenvalue weighted by Gasteiger charge is 2.06. The standard InChI is InChI=1S/C11H13N3O2/c1-7-11(16-12-2)14-9-5-4-8(15-3)6-10(9)13-7/h4-6,12H,1-3H3. The van der Waals surface area contributed by atoms with Gasteiger partial charge in [-0.25, -0.2) is 9.97 Å². The first-order valence-corrected chi connectivity index (χ1v) is 4.90. The molecule has 0 aliphatic carbocycles. The van der Waals surface area contributed by atoms with Crippen molar-refractivity contribution in [3.05, 3.63) is 23.9 Å². The van der Waals surface area contributed by atoms with Gasteiger partial charge in [0.05, 0.1) is 18.1 Å². The van der Waals surface area contributed by atoms with E-state index in [0.29, 0.717) is 5.88 Å². The maximum absolute atomic E-state index is 5.15. The van der Waals surface area contributed by atoms with Gasteiger partial charge in [0.1, 0.15) is 11.4 Å². The van der Waals surface area contributed by atoms with E-state index < -0.39 is 0 Å². The second kappa shape index (κ2) is 4.32. The molecule has 0 saturated heterocycles. The van der Waals surface area contributed by atoms with Crippen molar-refractivity contribution in [2.75, 3.05) is 14.2 Å². The van der Waals surface area contributed by atoms with Gasteiger partial charge in [0, 0.05) is 13.1 Å². The molecule has 2 rings (SSSR count). The highest BCUT2D eigenvalue weighted by atomic mass is 16.6. The molecule has 16 heavy (non-hydrogen) atoms. The third-order valence-electron chi connectivity index (χ3n) is 2.20. The Kier molecular flexibility index (Phi) is 2.87. The highest BCUT2D eigenvalue weighted by molar-refractivity contribution is 5.76. The van der Waals surface area contributed by atoms with E-state index >= 15 is 0 Å². The first kappa shape index (κ1) is 10.6. The topological polar surface area (TPSA) is 56.3 Å². The Labute approximate surface area is 93.4 Å². The van der Waals surface area contributed by atoms with Crippen LogP contribution in [0.5, 0.6) is 11.6 Å². The van der Waals surface area contributed by atoms with Crippen molar-refractivity contribution in [3.8, 4) is 11.6 Å². The van der Waals surface area contributed by atoms with Crippen LogP contribution < -0.4 is 15.1 Å². The zero-order valence-electron chi connectivity index (χ0n) is 9.44. The fourth-order valence-electron chi connectivity index (χ4n) is 1.43. The molecular formula is C11H13N3O2. The van der Waals surface area contributed by atoms with E-state index in [0.717, 1.165) is 22.5 Å². The summed E-state index contributed by atoms with van der Waals surface area (Å²) in [5.41, 5.74) is 4.88. The van der Waals surface area contributed by atoms with Crippen molar-refractivity contribution in [2.24, 2.45) is 0 Å². The van der Waals surface area contributed by atoms with Gasteiger partial charge in [0.2, 0.25) is 0 Å². The Morgan fingerprint density at radius 2 is 2.00 bits per heavy atom. The SMILES string of the molecule is CNOc1nc2ccc(OC)cc2nc1C. The molecule has 0 bridgehead atoms. The molecular weight excluding hydrogens is 206 g/mol. The molecule has 0 unspecified atom stereocenters. The van der Waals surface area contributed by atoms with Crippen LogP contribution in [0.15, 0.2) is 18.2 Å². The van der Waals surface area contributed by atoms with Crippen LogP contribution in [-0.4, -0.2) is 24.1 Å². The molecule has 1 aromatic heterocycles. The summed E-state index contributed by atoms with van der Waals surface area (Å²) in [6, 6.07) is 5.54. The molecule has 5 heteroatoms. The number of benzene rings is 1. The van der Waals surface area contributed by atoms with Gasteiger partial charge in [-0.15, -0.1) is 0 Å². The van der Waals surface area contributed by atoms with Crippen molar-refractivity contribution < 1.29 is 9.57 Å². The molecule has 1 heterocycles. The van der Waals surface area contributed by atoms with E-state index in [9.17, 15) is 0 Å².